The predicted octanol–water partition coefficient (Wildman–Crippen LogP) is 0.218. The van der Waals surface area contributed by atoms with Gasteiger partial charge in [-0.3, -0.25) is 4.79 Å². The third-order valence-electron chi connectivity index (χ3n) is 2.74. The molecule has 0 bridgehead atoms. The fourth-order valence-corrected chi connectivity index (χ4v) is 3.22. The highest BCUT2D eigenvalue weighted by Crippen LogP contribution is 2.30. The minimum atomic E-state index is -3.71. The molecule has 0 heterocycles. The maximum absolute atomic E-state index is 11.6. The highest BCUT2D eigenvalue weighted by molar-refractivity contribution is 7.87. The Bertz CT molecular complexity index is 347. The van der Waals surface area contributed by atoms with E-state index in [1.54, 1.807) is 0 Å². The first-order valence-electron chi connectivity index (χ1n) is 5.44. The normalized spacial score (nSPS) is 19.8. The molecule has 0 atom stereocenters. The lowest BCUT2D eigenvalue weighted by Crippen LogP contribution is -2.55. The summed E-state index contributed by atoms with van der Waals surface area (Å²) in [5.74, 6) is -1.09. The third kappa shape index (κ3) is 3.16. The van der Waals surface area contributed by atoms with Gasteiger partial charge in [0.2, 0.25) is 0 Å². The van der Waals surface area contributed by atoms with Gasteiger partial charge in [-0.25, -0.2) is 4.72 Å². The minimum absolute atomic E-state index is 0.311. The maximum atomic E-state index is 11.6. The molecule has 0 aliphatic heterocycles. The van der Waals surface area contributed by atoms with Crippen LogP contribution in [-0.4, -0.2) is 31.6 Å². The number of hydrogen-bond acceptors (Lipinski definition) is 3. The molecule has 0 unspecified atom stereocenters. The van der Waals surface area contributed by atoms with Crippen LogP contribution in [0, 0.1) is 0 Å². The molecule has 1 rings (SSSR count). The van der Waals surface area contributed by atoms with Crippen LogP contribution in [0.25, 0.3) is 0 Å². The van der Waals surface area contributed by atoms with Gasteiger partial charge in [0.25, 0.3) is 10.2 Å². The fraction of sp³-hybridized carbons (Fsp3) is 0.889. The van der Waals surface area contributed by atoms with Gasteiger partial charge in [-0.05, 0) is 19.3 Å². The molecule has 3 N–H and O–H groups in total. The van der Waals surface area contributed by atoms with E-state index < -0.39 is 21.7 Å². The SMILES string of the molecule is CCCNS(=O)(=O)NC1(C(=O)O)CCCC1. The lowest BCUT2D eigenvalue weighted by Gasteiger charge is -2.24. The molecule has 1 aliphatic carbocycles. The lowest BCUT2D eigenvalue weighted by atomic mass is 10.0. The number of carbonyl (C=O) groups is 1. The zero-order valence-electron chi connectivity index (χ0n) is 9.32. The molecule has 94 valence electrons. The van der Waals surface area contributed by atoms with Crippen molar-refractivity contribution in [2.75, 3.05) is 6.54 Å². The largest absolute Gasteiger partial charge is 0.480 e. The number of nitrogens with one attached hydrogen (secondary N) is 2. The Morgan fingerprint density at radius 3 is 2.38 bits per heavy atom. The van der Waals surface area contributed by atoms with Crippen molar-refractivity contribution >= 4 is 16.2 Å². The molecule has 6 nitrogen and oxygen atoms in total. The topological polar surface area (TPSA) is 95.5 Å². The van der Waals surface area contributed by atoms with Crippen LogP contribution in [0.1, 0.15) is 39.0 Å². The fourth-order valence-electron chi connectivity index (χ4n) is 1.87. The molecule has 1 fully saturated rings. The van der Waals surface area contributed by atoms with Crippen molar-refractivity contribution in [3.05, 3.63) is 0 Å². The van der Waals surface area contributed by atoms with E-state index >= 15 is 0 Å². The predicted molar refractivity (Wildman–Crippen MR) is 59.2 cm³/mol. The highest BCUT2D eigenvalue weighted by atomic mass is 32.2. The Labute approximate surface area is 95.6 Å². The summed E-state index contributed by atoms with van der Waals surface area (Å²) in [5.41, 5.74) is -1.31. The minimum Gasteiger partial charge on any atom is -0.480 e. The van der Waals surface area contributed by atoms with Crippen molar-refractivity contribution in [2.24, 2.45) is 0 Å². The van der Waals surface area contributed by atoms with E-state index in [9.17, 15) is 13.2 Å². The molecule has 16 heavy (non-hydrogen) atoms. The first-order valence-corrected chi connectivity index (χ1v) is 6.92. The van der Waals surface area contributed by atoms with Crippen molar-refractivity contribution in [1.29, 1.82) is 0 Å². The molecule has 0 aromatic rings. The molecule has 0 aromatic heterocycles. The van der Waals surface area contributed by atoms with Crippen LogP contribution >= 0.6 is 0 Å². The van der Waals surface area contributed by atoms with Gasteiger partial charge in [-0.2, -0.15) is 13.1 Å². The molecule has 0 saturated heterocycles. The Kier molecular flexibility index (Phi) is 4.28. The molecule has 0 radical (unpaired) electrons. The van der Waals surface area contributed by atoms with Gasteiger partial charge >= 0.3 is 5.97 Å². The summed E-state index contributed by atoms with van der Waals surface area (Å²) in [6.07, 6.45) is 2.86. The third-order valence-corrected chi connectivity index (χ3v) is 3.98. The molecular weight excluding hydrogens is 232 g/mol. The van der Waals surface area contributed by atoms with Crippen LogP contribution in [0.15, 0.2) is 0 Å². The second-order valence-corrected chi connectivity index (χ2v) is 5.59. The number of rotatable bonds is 6. The Balaban J connectivity index is 2.72. The molecule has 1 saturated carbocycles. The van der Waals surface area contributed by atoms with Gasteiger partial charge in [0.05, 0.1) is 0 Å². The second-order valence-electron chi connectivity index (χ2n) is 4.09. The number of hydrogen-bond donors (Lipinski definition) is 3. The Hall–Kier alpha value is -0.660. The van der Waals surface area contributed by atoms with Gasteiger partial charge in [0, 0.05) is 6.54 Å². The first kappa shape index (κ1) is 13.4. The van der Waals surface area contributed by atoms with Gasteiger partial charge in [-0.1, -0.05) is 19.8 Å². The zero-order valence-corrected chi connectivity index (χ0v) is 10.1. The summed E-state index contributed by atoms with van der Waals surface area (Å²) in [6.45, 7) is 2.15. The van der Waals surface area contributed by atoms with E-state index in [1.807, 2.05) is 6.92 Å². The number of carboxylic acids is 1. The van der Waals surface area contributed by atoms with Crippen LogP contribution < -0.4 is 9.44 Å². The van der Waals surface area contributed by atoms with Crippen LogP contribution in [-0.2, 0) is 15.0 Å². The van der Waals surface area contributed by atoms with Gasteiger partial charge in [-0.15, -0.1) is 0 Å². The number of carboxylic acid groups (broad SMARTS) is 1. The standard InChI is InChI=1S/C9H18N2O4S/c1-2-7-10-16(14,15)11-9(8(12)13)5-3-4-6-9/h10-11H,2-7H2,1H3,(H,12,13). The second kappa shape index (κ2) is 5.11. The van der Waals surface area contributed by atoms with Crippen molar-refractivity contribution < 1.29 is 18.3 Å². The highest BCUT2D eigenvalue weighted by Gasteiger charge is 2.44. The molecule has 1 aliphatic rings. The average molecular weight is 250 g/mol. The smallest absolute Gasteiger partial charge is 0.324 e. The monoisotopic (exact) mass is 250 g/mol. The van der Waals surface area contributed by atoms with E-state index in [0.717, 1.165) is 12.8 Å². The first-order chi connectivity index (χ1) is 7.42. The van der Waals surface area contributed by atoms with E-state index in [-0.39, 0.29) is 0 Å². The molecular formula is C9H18N2O4S. The van der Waals surface area contributed by atoms with Gasteiger partial charge in [0.1, 0.15) is 5.54 Å². The summed E-state index contributed by atoms with van der Waals surface area (Å²) < 4.78 is 27.7. The van der Waals surface area contributed by atoms with Crippen LogP contribution in [0.4, 0.5) is 0 Å². The molecule has 7 heteroatoms. The quantitative estimate of drug-likeness (QED) is 0.628. The van der Waals surface area contributed by atoms with Crippen molar-refractivity contribution in [1.82, 2.24) is 9.44 Å². The van der Waals surface area contributed by atoms with Crippen LogP contribution in [0.3, 0.4) is 0 Å². The summed E-state index contributed by atoms with van der Waals surface area (Å²) in [6, 6.07) is 0. The summed E-state index contributed by atoms with van der Waals surface area (Å²) >= 11 is 0. The van der Waals surface area contributed by atoms with Gasteiger partial charge in [0.15, 0.2) is 0 Å². The van der Waals surface area contributed by atoms with Crippen molar-refractivity contribution in [3.63, 3.8) is 0 Å². The lowest BCUT2D eigenvalue weighted by molar-refractivity contribution is -0.143. The average Bonchev–Trinajstić information content (AvgIpc) is 2.64. The van der Waals surface area contributed by atoms with Crippen LogP contribution in [0.2, 0.25) is 0 Å². The zero-order chi connectivity index (χ0) is 12.2. The number of aliphatic carboxylic acids is 1. The van der Waals surface area contributed by atoms with E-state index in [4.69, 9.17) is 5.11 Å². The maximum Gasteiger partial charge on any atom is 0.324 e. The van der Waals surface area contributed by atoms with Crippen molar-refractivity contribution in [3.8, 4) is 0 Å². The summed E-state index contributed by atoms with van der Waals surface area (Å²) in [4.78, 5) is 11.1. The molecule has 0 spiro atoms. The van der Waals surface area contributed by atoms with E-state index in [2.05, 4.69) is 9.44 Å². The van der Waals surface area contributed by atoms with Crippen LogP contribution in [0.5, 0.6) is 0 Å². The van der Waals surface area contributed by atoms with E-state index in [1.165, 1.54) is 0 Å². The summed E-state index contributed by atoms with van der Waals surface area (Å²) in [5, 5.41) is 9.10. The Morgan fingerprint density at radius 2 is 1.94 bits per heavy atom. The van der Waals surface area contributed by atoms with Gasteiger partial charge < -0.3 is 5.11 Å². The van der Waals surface area contributed by atoms with E-state index in [0.29, 0.717) is 25.8 Å². The molecule has 0 aromatic carbocycles. The van der Waals surface area contributed by atoms with Crippen molar-refractivity contribution in [2.45, 2.75) is 44.6 Å². The Morgan fingerprint density at radius 1 is 1.38 bits per heavy atom. The molecule has 0 amide bonds. The summed E-state index contributed by atoms with van der Waals surface area (Å²) in [7, 11) is -3.71.